The summed E-state index contributed by atoms with van der Waals surface area (Å²) in [6.07, 6.45) is 6.21. The SMILES string of the molecule is CC(C)CCCNCCn1ccn(C(C)C)c1=O. The molecule has 1 N–H and O–H groups in total. The van der Waals surface area contributed by atoms with Crippen molar-refractivity contribution in [1.82, 2.24) is 14.5 Å². The summed E-state index contributed by atoms with van der Waals surface area (Å²) >= 11 is 0. The predicted octanol–water partition coefficient (Wildman–Crippen LogP) is 2.26. The molecule has 1 aromatic heterocycles. The Balaban J connectivity index is 2.26. The number of nitrogens with one attached hydrogen (secondary N) is 1. The lowest BCUT2D eigenvalue weighted by Crippen LogP contribution is -2.29. The summed E-state index contributed by atoms with van der Waals surface area (Å²) in [6, 6.07) is 0.234. The Kier molecular flexibility index (Phi) is 6.19. The van der Waals surface area contributed by atoms with E-state index < -0.39 is 0 Å². The topological polar surface area (TPSA) is 39.0 Å². The van der Waals surface area contributed by atoms with Crippen molar-refractivity contribution in [2.75, 3.05) is 13.1 Å². The van der Waals surface area contributed by atoms with Crippen LogP contribution in [0.15, 0.2) is 17.2 Å². The van der Waals surface area contributed by atoms with Gasteiger partial charge in [0.05, 0.1) is 0 Å². The second-order valence-electron chi connectivity index (χ2n) is 5.56. The van der Waals surface area contributed by atoms with Crippen LogP contribution in [0.25, 0.3) is 0 Å². The lowest BCUT2D eigenvalue weighted by molar-refractivity contribution is 0.505. The normalized spacial score (nSPS) is 11.7. The van der Waals surface area contributed by atoms with Crippen LogP contribution in [0.4, 0.5) is 0 Å². The quantitative estimate of drug-likeness (QED) is 0.722. The zero-order chi connectivity index (χ0) is 13.5. The first-order valence-electron chi connectivity index (χ1n) is 7.00. The maximum Gasteiger partial charge on any atom is 0.328 e. The molecule has 104 valence electrons. The molecule has 1 aromatic rings. The van der Waals surface area contributed by atoms with Gasteiger partial charge >= 0.3 is 5.69 Å². The summed E-state index contributed by atoms with van der Waals surface area (Å²) in [4.78, 5) is 11.9. The number of hydrogen-bond acceptors (Lipinski definition) is 2. The zero-order valence-electron chi connectivity index (χ0n) is 12.1. The Morgan fingerprint density at radius 3 is 2.44 bits per heavy atom. The van der Waals surface area contributed by atoms with E-state index in [1.807, 2.05) is 26.2 Å². The summed E-state index contributed by atoms with van der Waals surface area (Å²) in [7, 11) is 0. The van der Waals surface area contributed by atoms with Gasteiger partial charge in [-0.2, -0.15) is 0 Å². The largest absolute Gasteiger partial charge is 0.328 e. The number of hydrogen-bond donors (Lipinski definition) is 1. The molecule has 0 aliphatic rings. The molecule has 0 aromatic carbocycles. The highest BCUT2D eigenvalue weighted by molar-refractivity contribution is 4.83. The Hall–Kier alpha value is -1.03. The molecule has 0 saturated heterocycles. The van der Waals surface area contributed by atoms with Crippen molar-refractivity contribution < 1.29 is 0 Å². The molecule has 0 aliphatic heterocycles. The minimum Gasteiger partial charge on any atom is -0.315 e. The maximum atomic E-state index is 11.9. The highest BCUT2D eigenvalue weighted by atomic mass is 16.1. The van der Waals surface area contributed by atoms with Crippen LogP contribution in [0.2, 0.25) is 0 Å². The van der Waals surface area contributed by atoms with Crippen molar-refractivity contribution >= 4 is 0 Å². The van der Waals surface area contributed by atoms with E-state index >= 15 is 0 Å². The van der Waals surface area contributed by atoms with Crippen LogP contribution in [0, 0.1) is 5.92 Å². The standard InChI is InChI=1S/C14H27N3O/c1-12(2)6-5-7-15-8-9-16-10-11-17(13(3)4)14(16)18/h10-13,15H,5-9H2,1-4H3. The van der Waals surface area contributed by atoms with E-state index in [-0.39, 0.29) is 11.7 Å². The Labute approximate surface area is 110 Å². The van der Waals surface area contributed by atoms with Crippen molar-refractivity contribution in [2.24, 2.45) is 5.92 Å². The van der Waals surface area contributed by atoms with Gasteiger partial charge in [-0.1, -0.05) is 13.8 Å². The molecule has 0 unspecified atom stereocenters. The van der Waals surface area contributed by atoms with E-state index in [2.05, 4.69) is 19.2 Å². The Morgan fingerprint density at radius 1 is 1.17 bits per heavy atom. The third-order valence-corrected chi connectivity index (χ3v) is 3.09. The first-order valence-corrected chi connectivity index (χ1v) is 7.00. The Morgan fingerprint density at radius 2 is 1.89 bits per heavy atom. The van der Waals surface area contributed by atoms with Crippen molar-refractivity contribution in [3.05, 3.63) is 22.9 Å². The summed E-state index contributed by atoms with van der Waals surface area (Å²) in [5.41, 5.74) is 0.0916. The van der Waals surface area contributed by atoms with Gasteiger partial charge < -0.3 is 5.32 Å². The van der Waals surface area contributed by atoms with Crippen molar-refractivity contribution in [3.63, 3.8) is 0 Å². The van der Waals surface area contributed by atoms with E-state index in [0.717, 1.165) is 25.6 Å². The highest BCUT2D eigenvalue weighted by Gasteiger charge is 2.05. The van der Waals surface area contributed by atoms with Crippen LogP contribution < -0.4 is 11.0 Å². The molecule has 0 bridgehead atoms. The molecule has 0 atom stereocenters. The van der Waals surface area contributed by atoms with Gasteiger partial charge in [-0.05, 0) is 39.2 Å². The van der Waals surface area contributed by atoms with E-state index in [9.17, 15) is 4.79 Å². The fourth-order valence-electron chi connectivity index (χ4n) is 1.95. The Bertz CT molecular complexity index is 390. The van der Waals surface area contributed by atoms with Crippen LogP contribution in [0.1, 0.15) is 46.6 Å². The monoisotopic (exact) mass is 253 g/mol. The molecule has 18 heavy (non-hydrogen) atoms. The average Bonchev–Trinajstić information content (AvgIpc) is 2.65. The molecule has 0 amide bonds. The minimum absolute atomic E-state index is 0.0916. The molecule has 0 saturated carbocycles. The zero-order valence-corrected chi connectivity index (χ0v) is 12.1. The van der Waals surface area contributed by atoms with Gasteiger partial charge in [-0.3, -0.25) is 9.13 Å². The molecule has 1 rings (SSSR count). The number of nitrogens with zero attached hydrogens (tertiary/aromatic N) is 2. The van der Waals surface area contributed by atoms with Crippen LogP contribution in [-0.4, -0.2) is 22.2 Å². The molecule has 4 nitrogen and oxygen atoms in total. The van der Waals surface area contributed by atoms with Gasteiger partial charge in [0, 0.05) is 31.5 Å². The van der Waals surface area contributed by atoms with Crippen LogP contribution >= 0.6 is 0 Å². The molecule has 0 spiro atoms. The summed E-state index contributed by atoms with van der Waals surface area (Å²) in [5.74, 6) is 0.773. The first kappa shape index (κ1) is 15.0. The van der Waals surface area contributed by atoms with Crippen LogP contribution in [0.5, 0.6) is 0 Å². The number of rotatable bonds is 8. The summed E-state index contributed by atoms with van der Waals surface area (Å²) in [6.45, 7) is 11.2. The molecule has 0 fully saturated rings. The van der Waals surface area contributed by atoms with Gasteiger partial charge in [0.15, 0.2) is 0 Å². The van der Waals surface area contributed by atoms with E-state index in [1.54, 1.807) is 9.13 Å². The molecule has 0 radical (unpaired) electrons. The maximum absolute atomic E-state index is 11.9. The van der Waals surface area contributed by atoms with Crippen molar-refractivity contribution in [3.8, 4) is 0 Å². The van der Waals surface area contributed by atoms with Gasteiger partial charge in [0.1, 0.15) is 0 Å². The molecule has 4 heteroatoms. The number of imidazole rings is 1. The fraction of sp³-hybridized carbons (Fsp3) is 0.786. The van der Waals surface area contributed by atoms with Crippen molar-refractivity contribution in [2.45, 2.75) is 53.1 Å². The van der Waals surface area contributed by atoms with E-state index in [1.165, 1.54) is 12.8 Å². The summed E-state index contributed by atoms with van der Waals surface area (Å²) < 4.78 is 3.54. The second-order valence-corrected chi connectivity index (χ2v) is 5.56. The molecular weight excluding hydrogens is 226 g/mol. The van der Waals surface area contributed by atoms with E-state index in [4.69, 9.17) is 0 Å². The smallest absolute Gasteiger partial charge is 0.315 e. The van der Waals surface area contributed by atoms with Gasteiger partial charge in [-0.25, -0.2) is 4.79 Å². The van der Waals surface area contributed by atoms with E-state index in [0.29, 0.717) is 0 Å². The first-order chi connectivity index (χ1) is 8.52. The lowest BCUT2D eigenvalue weighted by atomic mass is 10.1. The van der Waals surface area contributed by atoms with Gasteiger partial charge in [0.25, 0.3) is 0 Å². The fourth-order valence-corrected chi connectivity index (χ4v) is 1.95. The third kappa shape index (κ3) is 4.69. The minimum atomic E-state index is 0.0916. The highest BCUT2D eigenvalue weighted by Crippen LogP contribution is 2.01. The predicted molar refractivity (Wildman–Crippen MR) is 76.0 cm³/mol. The van der Waals surface area contributed by atoms with Crippen LogP contribution in [-0.2, 0) is 6.54 Å². The molecular formula is C14H27N3O. The third-order valence-electron chi connectivity index (χ3n) is 3.09. The van der Waals surface area contributed by atoms with Crippen LogP contribution in [0.3, 0.4) is 0 Å². The average molecular weight is 253 g/mol. The summed E-state index contributed by atoms with van der Waals surface area (Å²) in [5, 5.41) is 3.39. The number of aromatic nitrogens is 2. The van der Waals surface area contributed by atoms with Crippen molar-refractivity contribution in [1.29, 1.82) is 0 Å². The second kappa shape index (κ2) is 7.41. The van der Waals surface area contributed by atoms with Gasteiger partial charge in [-0.15, -0.1) is 0 Å². The molecule has 0 aliphatic carbocycles. The molecule has 1 heterocycles. The lowest BCUT2D eigenvalue weighted by Gasteiger charge is -2.07. The van der Waals surface area contributed by atoms with Gasteiger partial charge in [0.2, 0.25) is 0 Å².